The molecule has 1 aromatic heterocycles. The van der Waals surface area contributed by atoms with Crippen LogP contribution in [0.3, 0.4) is 0 Å². The summed E-state index contributed by atoms with van der Waals surface area (Å²) in [5, 5.41) is 9.59. The quantitative estimate of drug-likeness (QED) is 0.803. The molecule has 0 spiro atoms. The van der Waals surface area contributed by atoms with Crippen molar-refractivity contribution in [2.45, 2.75) is 0 Å². The summed E-state index contributed by atoms with van der Waals surface area (Å²) in [4.78, 5) is 6.83. The predicted molar refractivity (Wildman–Crippen MR) is 53.4 cm³/mol. The Morgan fingerprint density at radius 2 is 2.23 bits per heavy atom. The maximum atomic E-state index is 9.59. The number of nitrogens with zero attached hydrogens (tertiary/aromatic N) is 1. The van der Waals surface area contributed by atoms with Crippen LogP contribution < -0.4 is 0 Å². The second-order valence-electron chi connectivity index (χ2n) is 2.60. The first-order chi connectivity index (χ1) is 6.29. The van der Waals surface area contributed by atoms with Crippen molar-refractivity contribution >= 4 is 15.9 Å². The highest BCUT2D eigenvalue weighted by Crippen LogP contribution is 2.34. The Morgan fingerprint density at radius 1 is 1.38 bits per heavy atom. The highest BCUT2D eigenvalue weighted by Gasteiger charge is 2.08. The summed E-state index contributed by atoms with van der Waals surface area (Å²) in [5.74, 6) is 0.235. The molecule has 2 aromatic rings. The van der Waals surface area contributed by atoms with Gasteiger partial charge in [0.2, 0.25) is 0 Å². The Balaban J connectivity index is 2.64. The molecule has 0 aliphatic carbocycles. The van der Waals surface area contributed by atoms with Crippen LogP contribution in [-0.2, 0) is 0 Å². The second-order valence-corrected chi connectivity index (χ2v) is 3.45. The highest BCUT2D eigenvalue weighted by molar-refractivity contribution is 9.10. The molecule has 2 N–H and O–H groups in total. The Hall–Kier alpha value is -1.29. The summed E-state index contributed by atoms with van der Waals surface area (Å²) in [6.07, 6.45) is 3.24. The number of hydrogen-bond acceptors (Lipinski definition) is 2. The number of halogens is 1. The van der Waals surface area contributed by atoms with Crippen molar-refractivity contribution in [3.05, 3.63) is 35.2 Å². The number of rotatable bonds is 1. The molecule has 0 saturated heterocycles. The molecule has 4 heteroatoms. The number of benzene rings is 1. The molecule has 66 valence electrons. The van der Waals surface area contributed by atoms with E-state index in [4.69, 9.17) is 0 Å². The van der Waals surface area contributed by atoms with Gasteiger partial charge >= 0.3 is 0 Å². The SMILES string of the molecule is Oc1cccc(Br)c1-c1cnc[nH]1. The molecule has 13 heavy (non-hydrogen) atoms. The molecule has 0 unspecified atom stereocenters. The predicted octanol–water partition coefficient (Wildman–Crippen LogP) is 2.54. The Morgan fingerprint density at radius 3 is 2.85 bits per heavy atom. The Bertz CT molecular complexity index is 391. The third-order valence-electron chi connectivity index (χ3n) is 1.76. The summed E-state index contributed by atoms with van der Waals surface area (Å²) < 4.78 is 0.844. The van der Waals surface area contributed by atoms with E-state index in [0.717, 1.165) is 15.7 Å². The molecular formula is C9H7BrN2O. The van der Waals surface area contributed by atoms with Crippen LogP contribution in [0, 0.1) is 0 Å². The van der Waals surface area contributed by atoms with Crippen molar-refractivity contribution in [3.63, 3.8) is 0 Å². The molecule has 1 heterocycles. The number of phenols is 1. The number of nitrogens with one attached hydrogen (secondary N) is 1. The summed E-state index contributed by atoms with van der Waals surface area (Å²) in [6.45, 7) is 0. The summed E-state index contributed by atoms with van der Waals surface area (Å²) in [6, 6.07) is 5.29. The van der Waals surface area contributed by atoms with Crippen LogP contribution in [0.25, 0.3) is 11.3 Å². The van der Waals surface area contributed by atoms with E-state index in [-0.39, 0.29) is 5.75 Å². The smallest absolute Gasteiger partial charge is 0.126 e. The number of phenolic OH excluding ortho intramolecular Hbond substituents is 1. The van der Waals surface area contributed by atoms with E-state index in [1.165, 1.54) is 0 Å². The lowest BCUT2D eigenvalue weighted by Crippen LogP contribution is -1.80. The van der Waals surface area contributed by atoms with Gasteiger partial charge in [-0.3, -0.25) is 0 Å². The number of imidazole rings is 1. The minimum atomic E-state index is 0.235. The molecule has 2 rings (SSSR count). The first kappa shape index (κ1) is 8.31. The molecule has 0 fully saturated rings. The van der Waals surface area contributed by atoms with Crippen LogP contribution in [0.1, 0.15) is 0 Å². The minimum Gasteiger partial charge on any atom is -0.507 e. The van der Waals surface area contributed by atoms with Crippen molar-refractivity contribution in [1.29, 1.82) is 0 Å². The molecule has 0 saturated carbocycles. The van der Waals surface area contributed by atoms with E-state index in [0.29, 0.717) is 0 Å². The van der Waals surface area contributed by atoms with Crippen LogP contribution in [-0.4, -0.2) is 15.1 Å². The van der Waals surface area contributed by atoms with E-state index in [1.807, 2.05) is 6.07 Å². The van der Waals surface area contributed by atoms with Crippen LogP contribution in [0.5, 0.6) is 5.75 Å². The lowest BCUT2D eigenvalue weighted by Gasteiger charge is -2.03. The van der Waals surface area contributed by atoms with Crippen molar-refractivity contribution in [2.24, 2.45) is 0 Å². The van der Waals surface area contributed by atoms with Gasteiger partial charge in [0.25, 0.3) is 0 Å². The molecule has 0 amide bonds. The van der Waals surface area contributed by atoms with Gasteiger partial charge in [-0.25, -0.2) is 4.98 Å². The van der Waals surface area contributed by atoms with Crippen molar-refractivity contribution in [2.75, 3.05) is 0 Å². The van der Waals surface area contributed by atoms with Crippen LogP contribution in [0.4, 0.5) is 0 Å². The third kappa shape index (κ3) is 1.45. The topological polar surface area (TPSA) is 48.9 Å². The second kappa shape index (κ2) is 3.22. The minimum absolute atomic E-state index is 0.235. The summed E-state index contributed by atoms with van der Waals surface area (Å²) in [5.41, 5.74) is 1.53. The van der Waals surface area contributed by atoms with Gasteiger partial charge in [0.1, 0.15) is 5.75 Å². The van der Waals surface area contributed by atoms with Crippen LogP contribution in [0.2, 0.25) is 0 Å². The average molecular weight is 239 g/mol. The Kier molecular flexibility index (Phi) is 2.06. The van der Waals surface area contributed by atoms with Gasteiger partial charge in [0.15, 0.2) is 0 Å². The Labute approximate surface area is 83.6 Å². The zero-order valence-corrected chi connectivity index (χ0v) is 8.25. The lowest BCUT2D eigenvalue weighted by atomic mass is 10.1. The zero-order valence-electron chi connectivity index (χ0n) is 6.66. The monoisotopic (exact) mass is 238 g/mol. The largest absolute Gasteiger partial charge is 0.507 e. The van der Waals surface area contributed by atoms with Crippen LogP contribution in [0.15, 0.2) is 35.2 Å². The molecule has 0 aliphatic heterocycles. The number of aromatic amines is 1. The van der Waals surface area contributed by atoms with Gasteiger partial charge in [-0.15, -0.1) is 0 Å². The van der Waals surface area contributed by atoms with Crippen molar-refractivity contribution in [1.82, 2.24) is 9.97 Å². The fourth-order valence-corrected chi connectivity index (χ4v) is 1.74. The number of hydrogen-bond donors (Lipinski definition) is 2. The van der Waals surface area contributed by atoms with Gasteiger partial charge < -0.3 is 10.1 Å². The normalized spacial score (nSPS) is 10.2. The van der Waals surface area contributed by atoms with Gasteiger partial charge in [0.05, 0.1) is 23.8 Å². The molecular weight excluding hydrogens is 232 g/mol. The van der Waals surface area contributed by atoms with E-state index >= 15 is 0 Å². The molecule has 0 bridgehead atoms. The fraction of sp³-hybridized carbons (Fsp3) is 0. The molecule has 0 aliphatic rings. The average Bonchev–Trinajstić information content (AvgIpc) is 2.57. The standard InChI is InChI=1S/C9H7BrN2O/c10-6-2-1-3-8(13)9(6)7-4-11-5-12-7/h1-5,13H,(H,11,12). The maximum absolute atomic E-state index is 9.59. The number of aromatic nitrogens is 2. The first-order valence-corrected chi connectivity index (χ1v) is 4.54. The van der Waals surface area contributed by atoms with Gasteiger partial charge in [-0.05, 0) is 28.1 Å². The maximum Gasteiger partial charge on any atom is 0.126 e. The summed E-state index contributed by atoms with van der Waals surface area (Å²) >= 11 is 3.36. The molecule has 0 atom stereocenters. The van der Waals surface area contributed by atoms with Gasteiger partial charge in [-0.1, -0.05) is 6.07 Å². The van der Waals surface area contributed by atoms with Crippen LogP contribution >= 0.6 is 15.9 Å². The number of H-pyrrole nitrogens is 1. The molecule has 1 aromatic carbocycles. The zero-order chi connectivity index (χ0) is 9.26. The van der Waals surface area contributed by atoms with Gasteiger partial charge in [-0.2, -0.15) is 0 Å². The molecule has 0 radical (unpaired) electrons. The lowest BCUT2D eigenvalue weighted by molar-refractivity contribution is 0.477. The molecule has 3 nitrogen and oxygen atoms in total. The first-order valence-electron chi connectivity index (χ1n) is 3.75. The fourth-order valence-electron chi connectivity index (χ4n) is 1.17. The number of aromatic hydroxyl groups is 1. The third-order valence-corrected chi connectivity index (χ3v) is 2.42. The highest BCUT2D eigenvalue weighted by atomic mass is 79.9. The van der Waals surface area contributed by atoms with E-state index in [2.05, 4.69) is 25.9 Å². The van der Waals surface area contributed by atoms with Gasteiger partial charge in [0, 0.05) is 4.47 Å². The van der Waals surface area contributed by atoms with E-state index in [9.17, 15) is 5.11 Å². The summed E-state index contributed by atoms with van der Waals surface area (Å²) in [7, 11) is 0. The van der Waals surface area contributed by atoms with E-state index < -0.39 is 0 Å². The van der Waals surface area contributed by atoms with E-state index in [1.54, 1.807) is 24.7 Å². The van der Waals surface area contributed by atoms with Crippen molar-refractivity contribution < 1.29 is 5.11 Å². The van der Waals surface area contributed by atoms with Crippen molar-refractivity contribution in [3.8, 4) is 17.0 Å².